The first-order chi connectivity index (χ1) is 16.8. The van der Waals surface area contributed by atoms with E-state index in [4.69, 9.17) is 0 Å². The number of aryl methyl sites for hydroxylation is 2. The van der Waals surface area contributed by atoms with Crippen LogP contribution in [0.5, 0.6) is 0 Å². The fourth-order valence-electron chi connectivity index (χ4n) is 5.52. The molecule has 1 saturated heterocycles. The molecule has 1 aliphatic carbocycles. The molecule has 2 aromatic carbocycles. The van der Waals surface area contributed by atoms with E-state index in [1.165, 1.54) is 37.7 Å². The lowest BCUT2D eigenvalue weighted by atomic mass is 9.93. The number of piperazine rings is 1. The molecule has 2 heterocycles. The highest BCUT2D eigenvalue weighted by molar-refractivity contribution is 5.35. The zero-order valence-corrected chi connectivity index (χ0v) is 19.8. The van der Waals surface area contributed by atoms with Gasteiger partial charge in [-0.1, -0.05) is 61.7 Å². The highest BCUT2D eigenvalue weighted by Crippen LogP contribution is 2.30. The van der Waals surface area contributed by atoms with E-state index in [9.17, 15) is 5.26 Å². The molecule has 2 fully saturated rings. The Kier molecular flexibility index (Phi) is 7.28. The second-order valence-corrected chi connectivity index (χ2v) is 9.50. The Hall–Kier alpha value is -3.08. The summed E-state index contributed by atoms with van der Waals surface area (Å²) in [6.45, 7) is 4.90. The summed E-state index contributed by atoms with van der Waals surface area (Å²) in [5.41, 5.74) is 3.09. The van der Waals surface area contributed by atoms with Crippen LogP contribution < -0.4 is 0 Å². The van der Waals surface area contributed by atoms with Crippen molar-refractivity contribution in [1.29, 1.82) is 5.26 Å². The van der Waals surface area contributed by atoms with Gasteiger partial charge in [0.2, 0.25) is 0 Å². The van der Waals surface area contributed by atoms with Crippen molar-refractivity contribution >= 4 is 0 Å². The Morgan fingerprint density at radius 1 is 0.912 bits per heavy atom. The SMILES string of the molecule is N#Cc1ccc(C(c2nnnn2CCc2ccccc2)N2CCN(C3CCCCC3)CC2)cc1. The van der Waals surface area contributed by atoms with Gasteiger partial charge in [0.25, 0.3) is 0 Å². The molecule has 0 radical (unpaired) electrons. The molecule has 1 atom stereocenters. The van der Waals surface area contributed by atoms with Crippen LogP contribution >= 0.6 is 0 Å². The van der Waals surface area contributed by atoms with Gasteiger partial charge in [-0.2, -0.15) is 5.26 Å². The standard InChI is InChI=1S/C27H33N7/c28-21-23-11-13-24(14-12-23)26(33-19-17-32(18-20-33)25-9-5-2-6-10-25)27-29-30-31-34(27)16-15-22-7-3-1-4-8-22/h1,3-4,7-8,11-14,25-26H,2,5-6,9-10,15-20H2. The fourth-order valence-corrected chi connectivity index (χ4v) is 5.52. The van der Waals surface area contributed by atoms with Crippen LogP contribution in [0, 0.1) is 11.3 Å². The fraction of sp³-hybridized carbons (Fsp3) is 0.481. The molecule has 176 valence electrons. The molecular weight excluding hydrogens is 422 g/mol. The van der Waals surface area contributed by atoms with Gasteiger partial charge < -0.3 is 0 Å². The van der Waals surface area contributed by atoms with Gasteiger partial charge >= 0.3 is 0 Å². The van der Waals surface area contributed by atoms with Crippen LogP contribution in [0.3, 0.4) is 0 Å². The molecule has 7 nitrogen and oxygen atoms in total. The van der Waals surface area contributed by atoms with Gasteiger partial charge in [0.05, 0.1) is 17.7 Å². The second-order valence-electron chi connectivity index (χ2n) is 9.50. The zero-order chi connectivity index (χ0) is 23.2. The Morgan fingerprint density at radius 2 is 1.65 bits per heavy atom. The Balaban J connectivity index is 1.36. The van der Waals surface area contributed by atoms with Crippen LogP contribution in [0.25, 0.3) is 0 Å². The molecule has 3 aromatic rings. The van der Waals surface area contributed by atoms with Gasteiger partial charge in [0.15, 0.2) is 5.82 Å². The number of hydrogen-bond donors (Lipinski definition) is 0. The predicted molar refractivity (Wildman–Crippen MR) is 131 cm³/mol. The van der Waals surface area contributed by atoms with Crippen LogP contribution in [-0.2, 0) is 13.0 Å². The third kappa shape index (κ3) is 5.19. The number of nitriles is 1. The molecule has 34 heavy (non-hydrogen) atoms. The predicted octanol–water partition coefficient (Wildman–Crippen LogP) is 3.83. The lowest BCUT2D eigenvalue weighted by Crippen LogP contribution is -2.52. The van der Waals surface area contributed by atoms with E-state index in [1.54, 1.807) is 0 Å². The molecule has 0 amide bonds. The molecule has 1 unspecified atom stereocenters. The topological polar surface area (TPSA) is 73.9 Å². The Labute approximate surface area is 202 Å². The maximum Gasteiger partial charge on any atom is 0.173 e. The minimum atomic E-state index is -0.0213. The van der Waals surface area contributed by atoms with Crippen LogP contribution in [0.15, 0.2) is 54.6 Å². The summed E-state index contributed by atoms with van der Waals surface area (Å²) in [6.07, 6.45) is 7.70. The maximum absolute atomic E-state index is 9.27. The third-order valence-corrected chi connectivity index (χ3v) is 7.42. The molecule has 5 rings (SSSR count). The first-order valence-electron chi connectivity index (χ1n) is 12.6. The summed E-state index contributed by atoms with van der Waals surface area (Å²) >= 11 is 0. The average Bonchev–Trinajstić information content (AvgIpc) is 3.37. The zero-order valence-electron chi connectivity index (χ0n) is 19.8. The largest absolute Gasteiger partial charge is 0.298 e. The van der Waals surface area contributed by atoms with Crippen molar-refractivity contribution in [3.05, 3.63) is 77.1 Å². The summed E-state index contributed by atoms with van der Waals surface area (Å²) in [5, 5.41) is 22.2. The number of tetrazole rings is 1. The summed E-state index contributed by atoms with van der Waals surface area (Å²) in [4.78, 5) is 5.22. The van der Waals surface area contributed by atoms with Gasteiger partial charge in [0, 0.05) is 38.8 Å². The van der Waals surface area contributed by atoms with E-state index >= 15 is 0 Å². The number of benzene rings is 2. The summed E-state index contributed by atoms with van der Waals surface area (Å²) in [5.74, 6) is 0.881. The quantitative estimate of drug-likeness (QED) is 0.539. The first kappa shape index (κ1) is 22.7. The third-order valence-electron chi connectivity index (χ3n) is 7.42. The second kappa shape index (κ2) is 10.9. The molecule has 1 saturated carbocycles. The normalized spacial score (nSPS) is 19.0. The minimum Gasteiger partial charge on any atom is -0.298 e. The van der Waals surface area contributed by atoms with Gasteiger partial charge in [-0.25, -0.2) is 4.68 Å². The van der Waals surface area contributed by atoms with E-state index in [2.05, 4.69) is 67.8 Å². The smallest absolute Gasteiger partial charge is 0.173 e. The van der Waals surface area contributed by atoms with Crippen molar-refractivity contribution < 1.29 is 0 Å². The number of aromatic nitrogens is 4. The van der Waals surface area contributed by atoms with E-state index < -0.39 is 0 Å². The van der Waals surface area contributed by atoms with Crippen molar-refractivity contribution in [2.75, 3.05) is 26.2 Å². The first-order valence-corrected chi connectivity index (χ1v) is 12.6. The molecule has 0 bridgehead atoms. The molecule has 0 spiro atoms. The molecule has 2 aliphatic rings. The van der Waals surface area contributed by atoms with E-state index in [0.717, 1.165) is 56.6 Å². The molecule has 1 aliphatic heterocycles. The molecule has 7 heteroatoms. The van der Waals surface area contributed by atoms with Crippen LogP contribution in [-0.4, -0.2) is 62.2 Å². The van der Waals surface area contributed by atoms with Crippen LogP contribution in [0.2, 0.25) is 0 Å². The van der Waals surface area contributed by atoms with Crippen molar-refractivity contribution in [2.24, 2.45) is 0 Å². The minimum absolute atomic E-state index is 0.0213. The van der Waals surface area contributed by atoms with E-state index in [1.807, 2.05) is 22.9 Å². The molecule has 1 aromatic heterocycles. The summed E-state index contributed by atoms with van der Waals surface area (Å²) in [7, 11) is 0. The highest BCUT2D eigenvalue weighted by Gasteiger charge is 2.32. The highest BCUT2D eigenvalue weighted by atomic mass is 15.6. The Bertz CT molecular complexity index is 1070. The summed E-state index contributed by atoms with van der Waals surface area (Å²) in [6, 6.07) is 21.4. The number of hydrogen-bond acceptors (Lipinski definition) is 6. The van der Waals surface area contributed by atoms with Crippen molar-refractivity contribution in [3.8, 4) is 6.07 Å². The van der Waals surface area contributed by atoms with E-state index in [-0.39, 0.29) is 6.04 Å². The monoisotopic (exact) mass is 455 g/mol. The van der Waals surface area contributed by atoms with Gasteiger partial charge in [-0.3, -0.25) is 9.80 Å². The number of rotatable bonds is 7. The lowest BCUT2D eigenvalue weighted by molar-refractivity contribution is 0.0619. The van der Waals surface area contributed by atoms with Gasteiger partial charge in [-0.05, 0) is 52.9 Å². The molecule has 0 N–H and O–H groups in total. The average molecular weight is 456 g/mol. The van der Waals surface area contributed by atoms with E-state index in [0.29, 0.717) is 5.56 Å². The van der Waals surface area contributed by atoms with Crippen molar-refractivity contribution in [3.63, 3.8) is 0 Å². The van der Waals surface area contributed by atoms with Crippen molar-refractivity contribution in [1.82, 2.24) is 30.0 Å². The van der Waals surface area contributed by atoms with Gasteiger partial charge in [0.1, 0.15) is 0 Å². The molecular formula is C27H33N7. The van der Waals surface area contributed by atoms with Crippen LogP contribution in [0.4, 0.5) is 0 Å². The van der Waals surface area contributed by atoms with Crippen molar-refractivity contribution in [2.45, 2.75) is 57.2 Å². The lowest BCUT2D eigenvalue weighted by Gasteiger charge is -2.43. The maximum atomic E-state index is 9.27. The number of nitrogens with zero attached hydrogens (tertiary/aromatic N) is 7. The summed E-state index contributed by atoms with van der Waals surface area (Å²) < 4.78 is 1.96. The van der Waals surface area contributed by atoms with Gasteiger partial charge in [-0.15, -0.1) is 5.10 Å². The Morgan fingerprint density at radius 3 is 2.35 bits per heavy atom. The van der Waals surface area contributed by atoms with Crippen LogP contribution in [0.1, 0.15) is 60.7 Å².